The van der Waals surface area contributed by atoms with Crippen LogP contribution < -0.4 is 5.32 Å². The molecule has 0 aromatic heterocycles. The quantitative estimate of drug-likeness (QED) is 0.764. The topological polar surface area (TPSA) is 15.3 Å². The molecule has 1 aliphatic carbocycles. The molecule has 4 unspecified atom stereocenters. The highest BCUT2D eigenvalue weighted by Crippen LogP contribution is 2.37. The zero-order valence-corrected chi connectivity index (χ0v) is 10.5. The summed E-state index contributed by atoms with van der Waals surface area (Å²) < 4.78 is 0. The minimum atomic E-state index is 0.729. The van der Waals surface area contributed by atoms with Crippen LogP contribution in [0.1, 0.15) is 39.5 Å². The molecule has 2 fully saturated rings. The lowest BCUT2D eigenvalue weighted by Crippen LogP contribution is -2.42. The van der Waals surface area contributed by atoms with Crippen LogP contribution in [0.25, 0.3) is 0 Å². The fourth-order valence-electron chi connectivity index (χ4n) is 3.30. The lowest BCUT2D eigenvalue weighted by molar-refractivity contribution is 0.210. The van der Waals surface area contributed by atoms with Crippen molar-refractivity contribution in [3.05, 3.63) is 0 Å². The highest BCUT2D eigenvalue weighted by atomic mass is 15.2. The second-order valence-electron chi connectivity index (χ2n) is 5.57. The van der Waals surface area contributed by atoms with E-state index in [0.29, 0.717) is 0 Å². The zero-order valence-electron chi connectivity index (χ0n) is 10.5. The van der Waals surface area contributed by atoms with Crippen LogP contribution in [0.2, 0.25) is 0 Å². The Morgan fingerprint density at radius 2 is 2.20 bits per heavy atom. The third kappa shape index (κ3) is 2.36. The van der Waals surface area contributed by atoms with Gasteiger partial charge in [0.25, 0.3) is 0 Å². The van der Waals surface area contributed by atoms with Gasteiger partial charge in [-0.2, -0.15) is 0 Å². The summed E-state index contributed by atoms with van der Waals surface area (Å²) in [5, 5.41) is 3.73. The SMILES string of the molecule is CCC(C)N(C)CC1NCC2CCCC21. The van der Waals surface area contributed by atoms with Gasteiger partial charge < -0.3 is 10.2 Å². The Hall–Kier alpha value is -0.0800. The molecule has 2 rings (SSSR count). The molecular weight excluding hydrogens is 184 g/mol. The van der Waals surface area contributed by atoms with Gasteiger partial charge in [0.2, 0.25) is 0 Å². The summed E-state index contributed by atoms with van der Waals surface area (Å²) in [6, 6.07) is 1.50. The summed E-state index contributed by atoms with van der Waals surface area (Å²) in [5.74, 6) is 1.98. The second kappa shape index (κ2) is 4.84. The lowest BCUT2D eigenvalue weighted by Gasteiger charge is -2.29. The number of hydrogen-bond acceptors (Lipinski definition) is 2. The maximum absolute atomic E-state index is 3.73. The third-order valence-electron chi connectivity index (χ3n) is 4.70. The number of fused-ring (bicyclic) bond motifs is 1. The Balaban J connectivity index is 1.84. The monoisotopic (exact) mass is 210 g/mol. The summed E-state index contributed by atoms with van der Waals surface area (Å²) in [5.41, 5.74) is 0. The Bertz CT molecular complexity index is 205. The summed E-state index contributed by atoms with van der Waals surface area (Å²) in [7, 11) is 2.28. The Kier molecular flexibility index (Phi) is 3.68. The van der Waals surface area contributed by atoms with Crippen LogP contribution in [-0.4, -0.2) is 37.1 Å². The van der Waals surface area contributed by atoms with E-state index in [1.807, 2.05) is 0 Å². The van der Waals surface area contributed by atoms with E-state index in [-0.39, 0.29) is 0 Å². The fourth-order valence-corrected chi connectivity index (χ4v) is 3.30. The van der Waals surface area contributed by atoms with Crippen LogP contribution in [0.4, 0.5) is 0 Å². The standard InChI is InChI=1S/C13H26N2/c1-4-10(2)15(3)9-13-12-7-5-6-11(12)8-14-13/h10-14H,4-9H2,1-3H3. The van der Waals surface area contributed by atoms with E-state index in [1.165, 1.54) is 38.8 Å². The smallest absolute Gasteiger partial charge is 0.0226 e. The zero-order chi connectivity index (χ0) is 10.8. The van der Waals surface area contributed by atoms with Crippen molar-refractivity contribution in [2.75, 3.05) is 20.1 Å². The normalized spacial score (nSPS) is 37.2. The molecule has 0 radical (unpaired) electrons. The molecular formula is C13H26N2. The van der Waals surface area contributed by atoms with E-state index in [9.17, 15) is 0 Å². The maximum Gasteiger partial charge on any atom is 0.0226 e. The average molecular weight is 210 g/mol. The van der Waals surface area contributed by atoms with E-state index in [2.05, 4.69) is 31.1 Å². The molecule has 2 aliphatic rings. The number of nitrogens with zero attached hydrogens (tertiary/aromatic N) is 1. The van der Waals surface area contributed by atoms with Gasteiger partial charge in [0, 0.05) is 18.6 Å². The van der Waals surface area contributed by atoms with Gasteiger partial charge in [0.15, 0.2) is 0 Å². The summed E-state index contributed by atoms with van der Waals surface area (Å²) in [6.07, 6.45) is 5.68. The number of rotatable bonds is 4. The molecule has 15 heavy (non-hydrogen) atoms. The van der Waals surface area contributed by atoms with E-state index < -0.39 is 0 Å². The second-order valence-corrected chi connectivity index (χ2v) is 5.57. The van der Waals surface area contributed by atoms with Crippen LogP contribution in [-0.2, 0) is 0 Å². The summed E-state index contributed by atoms with van der Waals surface area (Å²) in [6.45, 7) is 7.14. The minimum absolute atomic E-state index is 0.729. The van der Waals surface area contributed by atoms with Crippen molar-refractivity contribution >= 4 is 0 Å². The third-order valence-corrected chi connectivity index (χ3v) is 4.70. The van der Waals surface area contributed by atoms with Crippen LogP contribution in [0, 0.1) is 11.8 Å². The molecule has 1 heterocycles. The molecule has 1 saturated heterocycles. The first-order valence-electron chi connectivity index (χ1n) is 6.66. The summed E-state index contributed by atoms with van der Waals surface area (Å²) >= 11 is 0. The van der Waals surface area contributed by atoms with Crippen molar-refractivity contribution in [1.29, 1.82) is 0 Å². The first kappa shape index (κ1) is 11.4. The highest BCUT2D eigenvalue weighted by Gasteiger charge is 2.39. The van der Waals surface area contributed by atoms with Crippen molar-refractivity contribution in [1.82, 2.24) is 10.2 Å². The first-order chi connectivity index (χ1) is 7.22. The Morgan fingerprint density at radius 1 is 1.40 bits per heavy atom. The van der Waals surface area contributed by atoms with Gasteiger partial charge in [-0.3, -0.25) is 0 Å². The molecule has 0 spiro atoms. The summed E-state index contributed by atoms with van der Waals surface area (Å²) in [4.78, 5) is 2.53. The van der Waals surface area contributed by atoms with Crippen LogP contribution >= 0.6 is 0 Å². The number of hydrogen-bond donors (Lipinski definition) is 1. The van der Waals surface area contributed by atoms with Crippen molar-refractivity contribution < 1.29 is 0 Å². The van der Waals surface area contributed by atoms with E-state index in [0.717, 1.165) is 23.9 Å². The lowest BCUT2D eigenvalue weighted by atomic mass is 9.93. The van der Waals surface area contributed by atoms with Gasteiger partial charge in [0.1, 0.15) is 0 Å². The van der Waals surface area contributed by atoms with E-state index >= 15 is 0 Å². The molecule has 0 aromatic rings. The van der Waals surface area contributed by atoms with Gasteiger partial charge in [-0.15, -0.1) is 0 Å². The van der Waals surface area contributed by atoms with E-state index in [4.69, 9.17) is 0 Å². The fraction of sp³-hybridized carbons (Fsp3) is 1.00. The predicted octanol–water partition coefficient (Wildman–Crippen LogP) is 2.10. The molecule has 0 amide bonds. The molecule has 0 aromatic carbocycles. The van der Waals surface area contributed by atoms with Gasteiger partial charge in [-0.1, -0.05) is 13.3 Å². The largest absolute Gasteiger partial charge is 0.312 e. The first-order valence-corrected chi connectivity index (χ1v) is 6.66. The van der Waals surface area contributed by atoms with Crippen molar-refractivity contribution in [3.63, 3.8) is 0 Å². The van der Waals surface area contributed by atoms with Gasteiger partial charge in [0.05, 0.1) is 0 Å². The predicted molar refractivity (Wildman–Crippen MR) is 65.0 cm³/mol. The number of likely N-dealkylation sites (N-methyl/N-ethyl adjacent to an activating group) is 1. The van der Waals surface area contributed by atoms with E-state index in [1.54, 1.807) is 0 Å². The van der Waals surface area contributed by atoms with Gasteiger partial charge in [-0.05, 0) is 51.6 Å². The average Bonchev–Trinajstić information content (AvgIpc) is 2.81. The van der Waals surface area contributed by atoms with Crippen LogP contribution in [0.5, 0.6) is 0 Å². The van der Waals surface area contributed by atoms with Crippen molar-refractivity contribution in [2.45, 2.75) is 51.6 Å². The molecule has 88 valence electrons. The molecule has 1 saturated carbocycles. The van der Waals surface area contributed by atoms with Crippen molar-refractivity contribution in [2.24, 2.45) is 11.8 Å². The molecule has 2 heteroatoms. The van der Waals surface area contributed by atoms with Crippen molar-refractivity contribution in [3.8, 4) is 0 Å². The minimum Gasteiger partial charge on any atom is -0.312 e. The molecule has 1 N–H and O–H groups in total. The molecule has 2 nitrogen and oxygen atoms in total. The van der Waals surface area contributed by atoms with Crippen LogP contribution in [0.15, 0.2) is 0 Å². The number of nitrogens with one attached hydrogen (secondary N) is 1. The maximum atomic E-state index is 3.73. The van der Waals surface area contributed by atoms with Gasteiger partial charge >= 0.3 is 0 Å². The molecule has 1 aliphatic heterocycles. The Morgan fingerprint density at radius 3 is 2.93 bits per heavy atom. The molecule has 0 bridgehead atoms. The highest BCUT2D eigenvalue weighted by molar-refractivity contribution is 4.95. The van der Waals surface area contributed by atoms with Crippen LogP contribution in [0.3, 0.4) is 0 Å². The van der Waals surface area contributed by atoms with Gasteiger partial charge in [-0.25, -0.2) is 0 Å². The Labute approximate surface area is 94.4 Å². The molecule has 4 atom stereocenters.